The van der Waals surface area contributed by atoms with Gasteiger partial charge in [0.25, 0.3) is 5.91 Å². The Morgan fingerprint density at radius 3 is 2.72 bits per heavy atom. The van der Waals surface area contributed by atoms with Gasteiger partial charge in [0.05, 0.1) is 38.2 Å². The number of fused-ring (bicyclic) bond motifs is 4. The third-order valence-electron chi connectivity index (χ3n) is 10.2. The largest absolute Gasteiger partial charge is 0.490 e. The fraction of sp³-hybridized carbons (Fsp3) is 0.571. The zero-order valence-electron chi connectivity index (χ0n) is 27.3. The highest BCUT2D eigenvalue weighted by atomic mass is 35.5. The molecule has 12 heteroatoms. The minimum absolute atomic E-state index is 0.117. The van der Waals surface area contributed by atoms with E-state index in [9.17, 15) is 13.2 Å². The minimum Gasteiger partial charge on any atom is -0.490 e. The van der Waals surface area contributed by atoms with Gasteiger partial charge in [-0.05, 0) is 91.8 Å². The molecule has 2 aromatic rings. The molecule has 4 atom stereocenters. The van der Waals surface area contributed by atoms with Crippen molar-refractivity contribution in [1.29, 1.82) is 0 Å². The van der Waals surface area contributed by atoms with Gasteiger partial charge in [-0.15, -0.1) is 0 Å². The van der Waals surface area contributed by atoms with Crippen molar-refractivity contribution in [2.45, 2.75) is 50.0 Å². The smallest absolute Gasteiger partial charge is 0.304 e. The van der Waals surface area contributed by atoms with E-state index in [1.807, 2.05) is 12.1 Å². The molecule has 1 fully saturated rings. The van der Waals surface area contributed by atoms with E-state index in [-0.39, 0.29) is 42.7 Å². The Morgan fingerprint density at radius 1 is 1.09 bits per heavy atom. The Bertz CT molecular complexity index is 1570. The zero-order valence-corrected chi connectivity index (χ0v) is 28.9. The van der Waals surface area contributed by atoms with Gasteiger partial charge in [-0.25, -0.2) is 4.72 Å². The van der Waals surface area contributed by atoms with E-state index in [4.69, 9.17) is 30.5 Å². The summed E-state index contributed by atoms with van der Waals surface area (Å²) in [6, 6.07) is 11.4. The van der Waals surface area contributed by atoms with Gasteiger partial charge in [0.15, 0.2) is 0 Å². The fourth-order valence-corrected chi connectivity index (χ4v) is 8.95. The first-order valence-corrected chi connectivity index (χ1v) is 18.4. The highest BCUT2D eigenvalue weighted by molar-refractivity contribution is 7.87. The van der Waals surface area contributed by atoms with Gasteiger partial charge in [-0.1, -0.05) is 29.8 Å². The summed E-state index contributed by atoms with van der Waals surface area (Å²) in [4.78, 5) is 15.9. The number of hydrogen-bond acceptors (Lipinski definition) is 8. The molecule has 1 N–H and O–H groups in total. The van der Waals surface area contributed by atoms with E-state index in [1.54, 1.807) is 25.3 Å². The van der Waals surface area contributed by atoms with Crippen LogP contribution >= 0.6 is 11.6 Å². The molecule has 256 valence electrons. The van der Waals surface area contributed by atoms with Crippen LogP contribution in [0, 0.1) is 11.8 Å². The Morgan fingerprint density at radius 2 is 1.94 bits per heavy atom. The van der Waals surface area contributed by atoms with Crippen molar-refractivity contribution in [2.24, 2.45) is 11.8 Å². The van der Waals surface area contributed by atoms with Gasteiger partial charge >= 0.3 is 10.2 Å². The molecular formula is C35H46ClN3O7S. The van der Waals surface area contributed by atoms with Crippen LogP contribution in [0.15, 0.2) is 48.6 Å². The molecule has 2 aliphatic carbocycles. The molecule has 6 rings (SSSR count). The first-order chi connectivity index (χ1) is 22.7. The van der Waals surface area contributed by atoms with Crippen molar-refractivity contribution >= 4 is 33.4 Å². The SMILES string of the molecule is COCCO[C@H]1/C=C\CCN(CCOC)S(=O)(=O)NC(=O)c2ccc3c(c2)N(C[C@@H]2CC[C@H]21)C[C@@]1(CCCc2cc(Cl)ccc21)CO3. The lowest BCUT2D eigenvalue weighted by atomic mass is 9.68. The van der Waals surface area contributed by atoms with E-state index in [1.165, 1.54) is 22.5 Å². The molecular weight excluding hydrogens is 642 g/mol. The lowest BCUT2D eigenvalue weighted by Gasteiger charge is -2.46. The van der Waals surface area contributed by atoms with Gasteiger partial charge in [0, 0.05) is 56.4 Å². The summed E-state index contributed by atoms with van der Waals surface area (Å²) in [6.07, 6.45) is 9.49. The maximum Gasteiger partial charge on any atom is 0.304 e. The first-order valence-electron chi connectivity index (χ1n) is 16.6. The Hall–Kier alpha value is -2.67. The summed E-state index contributed by atoms with van der Waals surface area (Å²) in [5.41, 5.74) is 3.32. The molecule has 4 aliphatic rings. The standard InChI is InChI=1S/C35H46ClN3O7S/c1-43-17-16-39-15-4-3-7-32(45-19-18-44-2)29-11-8-27(29)22-38-23-35(14-5-6-25-20-28(36)10-12-30(25)35)24-46-33-13-9-26(21-31(33)38)34(40)37-47(39,41)42/h3,7,9-10,12-13,20-21,27,29,32H,4-6,8,11,14-19,22-24H2,1-2H3,(H,37,40)/b7-3-/t27-,29+,32-,35-/m0/s1. The quantitative estimate of drug-likeness (QED) is 0.329. The summed E-state index contributed by atoms with van der Waals surface area (Å²) in [5, 5.41) is 0.736. The van der Waals surface area contributed by atoms with Crippen LogP contribution in [0.1, 0.15) is 53.6 Å². The maximum atomic E-state index is 13.5. The molecule has 2 aromatic carbocycles. The second-order valence-electron chi connectivity index (χ2n) is 13.2. The van der Waals surface area contributed by atoms with Crippen molar-refractivity contribution in [3.05, 3.63) is 70.3 Å². The van der Waals surface area contributed by atoms with Crippen molar-refractivity contribution in [2.75, 3.05) is 71.7 Å². The van der Waals surface area contributed by atoms with Gasteiger partial charge in [-0.2, -0.15) is 12.7 Å². The number of rotatable bonds is 7. The fourth-order valence-electron chi connectivity index (χ4n) is 7.62. The molecule has 47 heavy (non-hydrogen) atoms. The van der Waals surface area contributed by atoms with Gasteiger partial charge < -0.3 is 23.8 Å². The Balaban J connectivity index is 1.40. The van der Waals surface area contributed by atoms with Crippen LogP contribution in [0.2, 0.25) is 5.02 Å². The monoisotopic (exact) mass is 687 g/mol. The van der Waals surface area contributed by atoms with Gasteiger partial charge in [-0.3, -0.25) is 4.79 Å². The molecule has 2 aliphatic heterocycles. The van der Waals surface area contributed by atoms with E-state index in [2.05, 4.69) is 27.8 Å². The molecule has 1 saturated carbocycles. The van der Waals surface area contributed by atoms with Crippen molar-refractivity contribution in [1.82, 2.24) is 9.03 Å². The number of halogens is 1. The van der Waals surface area contributed by atoms with Crippen LogP contribution in [-0.4, -0.2) is 91.6 Å². The van der Waals surface area contributed by atoms with Crippen LogP contribution in [0.3, 0.4) is 0 Å². The number of aryl methyl sites for hydroxylation is 1. The van der Waals surface area contributed by atoms with Crippen LogP contribution in [0.25, 0.3) is 0 Å². The third-order valence-corrected chi connectivity index (χ3v) is 12.0. The second-order valence-corrected chi connectivity index (χ2v) is 15.3. The summed E-state index contributed by atoms with van der Waals surface area (Å²) in [5.74, 6) is 0.653. The molecule has 0 radical (unpaired) electrons. The number of methoxy groups -OCH3 is 2. The Labute approximate surface area is 283 Å². The van der Waals surface area contributed by atoms with Crippen molar-refractivity contribution in [3.63, 3.8) is 0 Å². The van der Waals surface area contributed by atoms with E-state index >= 15 is 0 Å². The lowest BCUT2D eigenvalue weighted by molar-refractivity contribution is -0.0309. The first kappa shape index (κ1) is 34.2. The molecule has 0 unspecified atom stereocenters. The van der Waals surface area contributed by atoms with Crippen LogP contribution in [0.5, 0.6) is 5.75 Å². The van der Waals surface area contributed by atoms with Crippen LogP contribution < -0.4 is 14.4 Å². The predicted octanol–water partition coefficient (Wildman–Crippen LogP) is 4.75. The summed E-state index contributed by atoms with van der Waals surface area (Å²) >= 11 is 6.43. The number of benzene rings is 2. The minimum atomic E-state index is -4.15. The Kier molecular flexibility index (Phi) is 10.8. The highest BCUT2D eigenvalue weighted by Crippen LogP contribution is 2.47. The van der Waals surface area contributed by atoms with E-state index in [0.717, 1.165) is 49.4 Å². The van der Waals surface area contributed by atoms with Crippen molar-refractivity contribution in [3.8, 4) is 5.75 Å². The zero-order chi connectivity index (χ0) is 33.0. The van der Waals surface area contributed by atoms with Gasteiger partial charge in [0.2, 0.25) is 0 Å². The van der Waals surface area contributed by atoms with E-state index < -0.39 is 16.1 Å². The van der Waals surface area contributed by atoms with Crippen LogP contribution in [-0.2, 0) is 36.3 Å². The summed E-state index contributed by atoms with van der Waals surface area (Å²) < 4.78 is 54.0. The highest BCUT2D eigenvalue weighted by Gasteiger charge is 2.44. The average Bonchev–Trinajstić information content (AvgIpc) is 3.18. The lowest BCUT2D eigenvalue weighted by Crippen LogP contribution is -2.50. The topological polar surface area (TPSA) is 107 Å². The number of nitrogens with one attached hydrogen (secondary N) is 1. The molecule has 2 bridgehead atoms. The number of carbonyl (C=O) groups is 1. The normalized spacial score (nSPS) is 28.3. The van der Waals surface area contributed by atoms with Crippen molar-refractivity contribution < 1.29 is 32.2 Å². The predicted molar refractivity (Wildman–Crippen MR) is 182 cm³/mol. The molecule has 1 spiro atoms. The average molecular weight is 688 g/mol. The molecule has 0 aromatic heterocycles. The number of amides is 1. The third kappa shape index (κ3) is 7.50. The van der Waals surface area contributed by atoms with Crippen LogP contribution in [0.4, 0.5) is 5.69 Å². The summed E-state index contributed by atoms with van der Waals surface area (Å²) in [7, 11) is -0.959. The number of anilines is 1. The number of carbonyl (C=O) groups excluding carboxylic acids is 1. The molecule has 0 saturated heterocycles. The molecule has 2 heterocycles. The molecule has 10 nitrogen and oxygen atoms in total. The second kappa shape index (κ2) is 14.8. The van der Waals surface area contributed by atoms with E-state index in [0.29, 0.717) is 44.5 Å². The maximum absolute atomic E-state index is 13.5. The number of ether oxygens (including phenoxy) is 4. The number of hydrogen-bond donors (Lipinski definition) is 1. The molecule has 1 amide bonds. The number of nitrogens with zero attached hydrogens (tertiary/aromatic N) is 2. The van der Waals surface area contributed by atoms with Gasteiger partial charge in [0.1, 0.15) is 5.75 Å². The summed E-state index contributed by atoms with van der Waals surface area (Å²) in [6.45, 7) is 3.45.